The Bertz CT molecular complexity index is 409. The summed E-state index contributed by atoms with van der Waals surface area (Å²) >= 11 is 16.0. The van der Waals surface area contributed by atoms with Gasteiger partial charge in [-0.25, -0.2) is 0 Å². The van der Waals surface area contributed by atoms with Crippen LogP contribution in [0.25, 0.3) is 0 Å². The fourth-order valence-electron chi connectivity index (χ4n) is 1.23. The van der Waals surface area contributed by atoms with Gasteiger partial charge in [0, 0.05) is 4.43 Å². The molecule has 0 fully saturated rings. The van der Waals surface area contributed by atoms with E-state index in [1.807, 2.05) is 82.3 Å². The molecule has 0 N–H and O–H groups in total. The molecule has 0 spiro atoms. The van der Waals surface area contributed by atoms with Crippen LogP contribution >= 0.6 is 105 Å². The molecule has 19 heavy (non-hydrogen) atoms. The van der Waals surface area contributed by atoms with Crippen molar-refractivity contribution in [1.82, 2.24) is 0 Å². The maximum atomic E-state index is 2.45. The number of hydrogen-bond acceptors (Lipinski definition) is 7. The monoisotopic (exact) mass is 496 g/mol. The highest BCUT2D eigenvalue weighted by molar-refractivity contribution is 14.1. The van der Waals surface area contributed by atoms with Gasteiger partial charge in [-0.3, -0.25) is 0 Å². The average molecular weight is 497 g/mol. The molecule has 0 saturated heterocycles. The number of thioether (sulfide) groups is 7. The second kappa shape index (κ2) is 9.52. The summed E-state index contributed by atoms with van der Waals surface area (Å²) in [5.41, 5.74) is 0. The van der Waals surface area contributed by atoms with Gasteiger partial charge >= 0.3 is 0 Å². The first kappa shape index (κ1) is 17.7. The van der Waals surface area contributed by atoms with Gasteiger partial charge in [-0.2, -0.15) is 0 Å². The molecule has 0 atom stereocenters. The molecule has 8 heteroatoms. The first-order valence-corrected chi connectivity index (χ1v) is 13.7. The lowest BCUT2D eigenvalue weighted by atomic mass is 10.6. The van der Waals surface area contributed by atoms with E-state index in [2.05, 4.69) is 40.5 Å². The van der Waals surface area contributed by atoms with Gasteiger partial charge in [0.15, 0.2) is 0 Å². The highest BCUT2D eigenvalue weighted by Gasteiger charge is 2.26. The molecule has 0 radical (unpaired) electrons. The topological polar surface area (TPSA) is 0 Å². The summed E-state index contributed by atoms with van der Waals surface area (Å²) in [6, 6.07) is 0. The lowest BCUT2D eigenvalue weighted by molar-refractivity contribution is 1.15. The lowest BCUT2D eigenvalue weighted by Crippen LogP contribution is -1.78. The average Bonchev–Trinajstić information content (AvgIpc) is 3.04. The second-order valence-corrected chi connectivity index (χ2v) is 12.4. The molecule has 0 nitrogen and oxygen atoms in total. The molecule has 2 rings (SSSR count). The van der Waals surface area contributed by atoms with Gasteiger partial charge in [-0.05, 0) is 30.1 Å². The molecule has 2 aliphatic rings. The standard InChI is InChI=1S/C11H13IS7/c1-13-8-9(14-2)19-11(18-8)10-16-6-7(17-10)15-5-3-4-12/h6H,3-5H2,1-2H3. The normalized spacial score (nSPS) is 19.6. The number of hydrogen-bond donors (Lipinski definition) is 0. The van der Waals surface area contributed by atoms with Crippen LogP contribution < -0.4 is 0 Å². The molecule has 0 bridgehead atoms. The van der Waals surface area contributed by atoms with E-state index in [0.29, 0.717) is 0 Å². The van der Waals surface area contributed by atoms with E-state index in [9.17, 15) is 0 Å². The van der Waals surface area contributed by atoms with E-state index < -0.39 is 0 Å². The van der Waals surface area contributed by atoms with E-state index in [0.717, 1.165) is 0 Å². The number of halogens is 1. The van der Waals surface area contributed by atoms with Gasteiger partial charge in [0.2, 0.25) is 0 Å². The van der Waals surface area contributed by atoms with Gasteiger partial charge < -0.3 is 0 Å². The Labute approximate surface area is 158 Å². The van der Waals surface area contributed by atoms with Crippen molar-refractivity contribution in [2.75, 3.05) is 22.7 Å². The summed E-state index contributed by atoms with van der Waals surface area (Å²) in [4.78, 5) is 0. The quantitative estimate of drug-likeness (QED) is 0.212. The van der Waals surface area contributed by atoms with Crippen molar-refractivity contribution in [2.24, 2.45) is 0 Å². The second-order valence-electron chi connectivity index (χ2n) is 3.31. The van der Waals surface area contributed by atoms with Crippen molar-refractivity contribution in [3.8, 4) is 0 Å². The Morgan fingerprint density at radius 3 is 2.32 bits per heavy atom. The fourth-order valence-corrected chi connectivity index (χ4v) is 11.1. The first-order chi connectivity index (χ1) is 9.28. The van der Waals surface area contributed by atoms with E-state index in [1.54, 1.807) is 0 Å². The van der Waals surface area contributed by atoms with Crippen LogP contribution in [-0.2, 0) is 0 Å². The Balaban J connectivity index is 1.90. The third-order valence-electron chi connectivity index (χ3n) is 2.05. The van der Waals surface area contributed by atoms with Crippen LogP contribution in [0.3, 0.4) is 0 Å². The summed E-state index contributed by atoms with van der Waals surface area (Å²) in [6.45, 7) is 0. The van der Waals surface area contributed by atoms with Crippen molar-refractivity contribution < 1.29 is 0 Å². The molecular formula is C11H13IS7. The molecule has 0 saturated carbocycles. The van der Waals surface area contributed by atoms with Crippen molar-refractivity contribution in [2.45, 2.75) is 6.42 Å². The van der Waals surface area contributed by atoms with Crippen LogP contribution in [-0.4, -0.2) is 22.7 Å². The Hall–Kier alpha value is 2.40. The lowest BCUT2D eigenvalue weighted by Gasteiger charge is -2.02. The van der Waals surface area contributed by atoms with Crippen molar-refractivity contribution >= 4 is 105 Å². The predicted octanol–water partition coefficient (Wildman–Crippen LogP) is 7.28. The first-order valence-electron chi connectivity index (χ1n) is 5.44. The van der Waals surface area contributed by atoms with E-state index in [4.69, 9.17) is 0 Å². The molecule has 106 valence electrons. The van der Waals surface area contributed by atoms with Crippen molar-refractivity contribution in [3.63, 3.8) is 0 Å². The smallest absolute Gasteiger partial charge is 0.0717 e. The molecule has 0 aromatic carbocycles. The summed E-state index contributed by atoms with van der Waals surface area (Å²) in [5, 5.41) is 2.32. The number of alkyl halides is 1. The molecule has 0 aliphatic carbocycles. The van der Waals surface area contributed by atoms with E-state index in [-0.39, 0.29) is 0 Å². The summed E-state index contributed by atoms with van der Waals surface area (Å²) < 4.78 is 8.61. The zero-order valence-electron chi connectivity index (χ0n) is 10.4. The van der Waals surface area contributed by atoms with Crippen LogP contribution in [0.15, 0.2) is 26.6 Å². The largest absolute Gasteiger partial charge is 0.121 e. The minimum absolute atomic E-state index is 1.25. The summed E-state index contributed by atoms with van der Waals surface area (Å²) in [6.07, 6.45) is 5.65. The van der Waals surface area contributed by atoms with Gasteiger partial charge in [0.25, 0.3) is 0 Å². The molecule has 2 aliphatic heterocycles. The fraction of sp³-hybridized carbons (Fsp3) is 0.455. The van der Waals surface area contributed by atoms with Crippen LogP contribution in [0.5, 0.6) is 0 Å². The summed E-state index contributed by atoms with van der Waals surface area (Å²) in [7, 11) is 0. The molecule has 0 amide bonds. The van der Waals surface area contributed by atoms with E-state index >= 15 is 0 Å². The van der Waals surface area contributed by atoms with Crippen molar-refractivity contribution in [3.05, 3.63) is 26.6 Å². The third kappa shape index (κ3) is 5.21. The highest BCUT2D eigenvalue weighted by Crippen LogP contribution is 2.62. The van der Waals surface area contributed by atoms with Crippen LogP contribution in [0.2, 0.25) is 0 Å². The Morgan fingerprint density at radius 1 is 1.05 bits per heavy atom. The van der Waals surface area contributed by atoms with Gasteiger partial charge in [-0.15, -0.1) is 35.3 Å². The van der Waals surface area contributed by atoms with Gasteiger partial charge in [0.05, 0.1) is 21.2 Å². The Morgan fingerprint density at radius 2 is 1.74 bits per heavy atom. The zero-order chi connectivity index (χ0) is 13.7. The molecule has 2 heterocycles. The molecular weight excluding hydrogens is 483 g/mol. The minimum atomic E-state index is 1.25. The molecule has 0 unspecified atom stereocenters. The Kier molecular flexibility index (Phi) is 8.89. The zero-order valence-corrected chi connectivity index (χ0v) is 18.3. The SMILES string of the molecule is CSC1=C(SC)SC(=C2SC=C(SCCCI)S2)S1. The van der Waals surface area contributed by atoms with Crippen molar-refractivity contribution in [1.29, 1.82) is 0 Å². The minimum Gasteiger partial charge on any atom is -0.121 e. The maximum absolute atomic E-state index is 2.45. The third-order valence-corrected chi connectivity index (χ3v) is 12.4. The van der Waals surface area contributed by atoms with Gasteiger partial charge in [0.1, 0.15) is 0 Å². The van der Waals surface area contributed by atoms with Crippen LogP contribution in [0, 0.1) is 0 Å². The predicted molar refractivity (Wildman–Crippen MR) is 115 cm³/mol. The van der Waals surface area contributed by atoms with Crippen LogP contribution in [0.1, 0.15) is 6.42 Å². The maximum Gasteiger partial charge on any atom is 0.0717 e. The molecule has 0 aromatic heterocycles. The van der Waals surface area contributed by atoms with Crippen LogP contribution in [0.4, 0.5) is 0 Å². The highest BCUT2D eigenvalue weighted by atomic mass is 127. The van der Waals surface area contributed by atoms with Gasteiger partial charge in [-0.1, -0.05) is 69.6 Å². The van der Waals surface area contributed by atoms with E-state index in [1.165, 1.54) is 37.8 Å². The summed E-state index contributed by atoms with van der Waals surface area (Å²) in [5.74, 6) is 1.25. The molecule has 0 aromatic rings. The number of rotatable bonds is 6.